The molecule has 0 spiro atoms. The number of ether oxygens (including phenoxy) is 1. The fourth-order valence-corrected chi connectivity index (χ4v) is 4.09. The minimum Gasteiger partial charge on any atom is -0.454 e. The van der Waals surface area contributed by atoms with Gasteiger partial charge in [0, 0.05) is 0 Å². The third-order valence-corrected chi connectivity index (χ3v) is 5.93. The smallest absolute Gasteiger partial charge is 0.324 e. The number of nitrogens with two attached hydrogens (primary N) is 1. The van der Waals surface area contributed by atoms with Crippen molar-refractivity contribution in [3.63, 3.8) is 0 Å². The van der Waals surface area contributed by atoms with Crippen LogP contribution in [0.4, 0.5) is 5.00 Å². The average Bonchev–Trinajstić information content (AvgIpc) is 3.08. The topological polar surface area (TPSA) is 145 Å². The molecule has 28 heavy (non-hydrogen) atoms. The van der Waals surface area contributed by atoms with Crippen LogP contribution in [-0.4, -0.2) is 38.9 Å². The number of benzene rings is 1. The van der Waals surface area contributed by atoms with E-state index >= 15 is 0 Å². The van der Waals surface area contributed by atoms with Crippen LogP contribution >= 0.6 is 11.3 Å². The van der Waals surface area contributed by atoms with Gasteiger partial charge in [-0.1, -0.05) is 17.7 Å². The fraction of sp³-hybridized carbons (Fsp3) is 0.235. The van der Waals surface area contributed by atoms with Crippen molar-refractivity contribution in [3.05, 3.63) is 46.8 Å². The number of esters is 1. The maximum absolute atomic E-state index is 12.3. The predicted octanol–water partition coefficient (Wildman–Crippen LogP) is 1.00. The number of amides is 2. The third kappa shape index (κ3) is 5.62. The van der Waals surface area contributed by atoms with E-state index in [1.54, 1.807) is 17.5 Å². The number of nitrogens with one attached hydrogen (secondary N) is 2. The molecule has 4 N–H and O–H groups in total. The number of aryl methyl sites for hydroxylation is 1. The van der Waals surface area contributed by atoms with Crippen LogP contribution in [0.15, 0.2) is 40.6 Å². The van der Waals surface area contributed by atoms with Crippen LogP contribution in [0.3, 0.4) is 0 Å². The molecule has 2 aromatic rings. The lowest BCUT2D eigenvalue weighted by molar-refractivity contribution is -0.148. The Hall–Kier alpha value is -2.76. The normalized spacial score (nSPS) is 12.2. The van der Waals surface area contributed by atoms with Crippen molar-refractivity contribution in [3.8, 4) is 0 Å². The molecule has 1 atom stereocenters. The van der Waals surface area contributed by atoms with Gasteiger partial charge >= 0.3 is 5.97 Å². The van der Waals surface area contributed by atoms with Gasteiger partial charge in [-0.2, -0.15) is 4.72 Å². The second-order valence-corrected chi connectivity index (χ2v) is 8.47. The summed E-state index contributed by atoms with van der Waals surface area (Å²) in [6.45, 7) is 2.47. The van der Waals surface area contributed by atoms with E-state index < -0.39 is 40.5 Å². The molecule has 9 nitrogen and oxygen atoms in total. The Morgan fingerprint density at radius 2 is 1.82 bits per heavy atom. The maximum Gasteiger partial charge on any atom is 0.324 e. The molecular formula is C17H19N3O6S2. The van der Waals surface area contributed by atoms with Crippen LogP contribution in [0, 0.1) is 6.92 Å². The first-order valence-corrected chi connectivity index (χ1v) is 10.4. The van der Waals surface area contributed by atoms with Crippen molar-refractivity contribution in [1.29, 1.82) is 0 Å². The number of thiophene rings is 1. The second-order valence-electron chi connectivity index (χ2n) is 5.84. The number of anilines is 1. The summed E-state index contributed by atoms with van der Waals surface area (Å²) in [7, 11) is -3.92. The summed E-state index contributed by atoms with van der Waals surface area (Å²) in [6.07, 6.45) is 0. The van der Waals surface area contributed by atoms with E-state index in [0.717, 1.165) is 16.9 Å². The minimum atomic E-state index is -3.92. The van der Waals surface area contributed by atoms with Gasteiger partial charge in [0.1, 0.15) is 11.0 Å². The summed E-state index contributed by atoms with van der Waals surface area (Å²) < 4.78 is 31.6. The second kappa shape index (κ2) is 8.95. The van der Waals surface area contributed by atoms with E-state index in [4.69, 9.17) is 10.5 Å². The molecule has 150 valence electrons. The first-order valence-electron chi connectivity index (χ1n) is 8.03. The summed E-state index contributed by atoms with van der Waals surface area (Å²) in [5.41, 5.74) is 6.21. The van der Waals surface area contributed by atoms with Crippen molar-refractivity contribution in [2.24, 2.45) is 5.73 Å². The van der Waals surface area contributed by atoms with Gasteiger partial charge in [-0.3, -0.25) is 14.4 Å². The molecule has 0 fully saturated rings. The molecule has 0 bridgehead atoms. The van der Waals surface area contributed by atoms with Gasteiger partial charge in [0.05, 0.1) is 10.5 Å². The zero-order chi connectivity index (χ0) is 20.9. The minimum absolute atomic E-state index is 0.00664. The van der Waals surface area contributed by atoms with Gasteiger partial charge in [-0.25, -0.2) is 8.42 Å². The van der Waals surface area contributed by atoms with Gasteiger partial charge in [-0.15, -0.1) is 11.3 Å². The number of carbonyl (C=O) groups excluding carboxylic acids is 3. The Morgan fingerprint density at radius 3 is 2.43 bits per heavy atom. The first kappa shape index (κ1) is 21.5. The molecule has 0 saturated heterocycles. The summed E-state index contributed by atoms with van der Waals surface area (Å²) in [5, 5.41) is 4.22. The van der Waals surface area contributed by atoms with Gasteiger partial charge in [0.2, 0.25) is 10.0 Å². The Bertz CT molecular complexity index is 983. The van der Waals surface area contributed by atoms with E-state index in [0.29, 0.717) is 0 Å². The van der Waals surface area contributed by atoms with Gasteiger partial charge in [0.25, 0.3) is 11.8 Å². The molecule has 2 rings (SSSR count). The van der Waals surface area contributed by atoms with Crippen molar-refractivity contribution in [2.45, 2.75) is 24.8 Å². The molecule has 0 radical (unpaired) electrons. The van der Waals surface area contributed by atoms with Gasteiger partial charge < -0.3 is 15.8 Å². The standard InChI is InChI=1S/C17H19N3O6S2/c1-10-3-5-12(6-4-10)28(24,25)20-11(2)17(23)26-9-14(21)19-16-13(15(18)22)7-8-27-16/h3-8,11,20H,9H2,1-2H3,(H2,18,22)(H,19,21)/t11-/m1/s1. The highest BCUT2D eigenvalue weighted by Gasteiger charge is 2.24. The van der Waals surface area contributed by atoms with Crippen LogP contribution in [0.5, 0.6) is 0 Å². The first-order chi connectivity index (χ1) is 13.1. The van der Waals surface area contributed by atoms with E-state index in [9.17, 15) is 22.8 Å². The molecule has 0 saturated carbocycles. The Morgan fingerprint density at radius 1 is 1.18 bits per heavy atom. The zero-order valence-corrected chi connectivity index (χ0v) is 16.7. The SMILES string of the molecule is Cc1ccc(S(=O)(=O)N[C@H](C)C(=O)OCC(=O)Nc2sccc2C(N)=O)cc1. The molecule has 0 aliphatic rings. The summed E-state index contributed by atoms with van der Waals surface area (Å²) >= 11 is 1.09. The van der Waals surface area contributed by atoms with Crippen molar-refractivity contribution in [1.82, 2.24) is 4.72 Å². The largest absolute Gasteiger partial charge is 0.454 e. The molecule has 1 heterocycles. The molecule has 0 aliphatic carbocycles. The Balaban J connectivity index is 1.89. The molecule has 1 aromatic heterocycles. The van der Waals surface area contributed by atoms with E-state index in [2.05, 4.69) is 10.0 Å². The summed E-state index contributed by atoms with van der Waals surface area (Å²) in [4.78, 5) is 35.1. The molecule has 2 amide bonds. The fourth-order valence-electron chi connectivity index (χ4n) is 2.09. The lowest BCUT2D eigenvalue weighted by atomic mass is 10.2. The predicted molar refractivity (Wildman–Crippen MR) is 103 cm³/mol. The lowest BCUT2D eigenvalue weighted by Crippen LogP contribution is -2.40. The van der Waals surface area contributed by atoms with Gasteiger partial charge in [-0.05, 0) is 37.4 Å². The molecule has 11 heteroatoms. The highest BCUT2D eigenvalue weighted by Crippen LogP contribution is 2.22. The van der Waals surface area contributed by atoms with E-state index in [-0.39, 0.29) is 15.5 Å². The van der Waals surface area contributed by atoms with E-state index in [1.807, 2.05) is 6.92 Å². The number of primary amides is 1. The number of rotatable bonds is 8. The zero-order valence-electron chi connectivity index (χ0n) is 15.1. The molecular weight excluding hydrogens is 406 g/mol. The Kier molecular flexibility index (Phi) is 6.89. The number of hydrogen-bond donors (Lipinski definition) is 3. The van der Waals surface area contributed by atoms with Crippen LogP contribution < -0.4 is 15.8 Å². The summed E-state index contributed by atoms with van der Waals surface area (Å²) in [6, 6.07) is 6.35. The highest BCUT2D eigenvalue weighted by molar-refractivity contribution is 7.89. The van der Waals surface area contributed by atoms with Crippen LogP contribution in [0.2, 0.25) is 0 Å². The monoisotopic (exact) mass is 425 g/mol. The average molecular weight is 425 g/mol. The van der Waals surface area contributed by atoms with Gasteiger partial charge in [0.15, 0.2) is 6.61 Å². The van der Waals surface area contributed by atoms with Crippen LogP contribution in [0.1, 0.15) is 22.8 Å². The van der Waals surface area contributed by atoms with Crippen LogP contribution in [-0.2, 0) is 24.3 Å². The Labute approximate surface area is 165 Å². The summed E-state index contributed by atoms with van der Waals surface area (Å²) in [5.74, 6) is -2.31. The number of carbonyl (C=O) groups is 3. The molecule has 0 aliphatic heterocycles. The quantitative estimate of drug-likeness (QED) is 0.538. The molecule has 0 unspecified atom stereocenters. The molecule has 1 aromatic carbocycles. The highest BCUT2D eigenvalue weighted by atomic mass is 32.2. The third-order valence-electron chi connectivity index (χ3n) is 3.55. The maximum atomic E-state index is 12.3. The van der Waals surface area contributed by atoms with Crippen molar-refractivity contribution >= 4 is 44.1 Å². The van der Waals surface area contributed by atoms with Crippen molar-refractivity contribution in [2.75, 3.05) is 11.9 Å². The van der Waals surface area contributed by atoms with Crippen LogP contribution in [0.25, 0.3) is 0 Å². The number of hydrogen-bond acceptors (Lipinski definition) is 7. The van der Waals surface area contributed by atoms with E-state index in [1.165, 1.54) is 25.1 Å². The van der Waals surface area contributed by atoms with Crippen molar-refractivity contribution < 1.29 is 27.5 Å². The lowest BCUT2D eigenvalue weighted by Gasteiger charge is -2.14. The number of sulfonamides is 1.